The molecular weight excluding hydrogens is 426 g/mol. The van der Waals surface area contributed by atoms with E-state index < -0.39 is 21.4 Å². The third-order valence-electron chi connectivity index (χ3n) is 4.45. The third-order valence-corrected chi connectivity index (χ3v) is 5.10. The molecule has 0 aliphatic heterocycles. The van der Waals surface area contributed by atoms with E-state index in [9.17, 15) is 17.8 Å². The zero-order chi connectivity index (χ0) is 22.3. The van der Waals surface area contributed by atoms with E-state index >= 15 is 0 Å². The first-order valence-electron chi connectivity index (χ1n) is 9.09. The molecule has 0 fully saturated rings. The number of halogens is 2. The van der Waals surface area contributed by atoms with Crippen molar-refractivity contribution in [1.82, 2.24) is 14.5 Å². The van der Waals surface area contributed by atoms with E-state index in [2.05, 4.69) is 14.3 Å². The largest absolute Gasteiger partial charge is 0.435 e. The van der Waals surface area contributed by atoms with Gasteiger partial charge in [-0.15, -0.1) is 0 Å². The van der Waals surface area contributed by atoms with E-state index in [1.807, 2.05) is 0 Å². The zero-order valence-corrected chi connectivity index (χ0v) is 17.7. The molecule has 0 saturated carbocycles. The van der Waals surface area contributed by atoms with Gasteiger partial charge in [0.25, 0.3) is 5.56 Å². The van der Waals surface area contributed by atoms with Crippen LogP contribution >= 0.6 is 0 Å². The predicted molar refractivity (Wildman–Crippen MR) is 115 cm³/mol. The summed E-state index contributed by atoms with van der Waals surface area (Å²) in [5.41, 5.74) is 1.44. The highest BCUT2D eigenvalue weighted by molar-refractivity contribution is 7.92. The highest BCUT2D eigenvalue weighted by Crippen LogP contribution is 2.37. The second-order valence-electron chi connectivity index (χ2n) is 7.22. The number of nitrogens with one attached hydrogen (secondary N) is 1. The van der Waals surface area contributed by atoms with Gasteiger partial charge in [0.2, 0.25) is 5.88 Å². The molecule has 0 radical (unpaired) electrons. The Bertz CT molecular complexity index is 1490. The van der Waals surface area contributed by atoms with Crippen LogP contribution in [0, 0.1) is 11.6 Å². The van der Waals surface area contributed by atoms with Gasteiger partial charge in [0.15, 0.2) is 11.6 Å². The van der Waals surface area contributed by atoms with Gasteiger partial charge in [-0.25, -0.2) is 18.0 Å². The molecule has 0 amide bonds. The monoisotopic (exact) mass is 444 g/mol. The molecule has 31 heavy (non-hydrogen) atoms. The van der Waals surface area contributed by atoms with Crippen LogP contribution < -0.4 is 10.3 Å². The summed E-state index contributed by atoms with van der Waals surface area (Å²) in [5.74, 6) is -1.83. The lowest BCUT2D eigenvalue weighted by atomic mass is 10.0. The number of pyridine rings is 2. The number of H-pyrrole nitrogens is 1. The Labute approximate surface area is 176 Å². The Morgan fingerprint density at radius 2 is 1.94 bits per heavy atom. The molecule has 160 valence electrons. The first-order valence-corrected chi connectivity index (χ1v) is 11.4. The molecule has 1 aromatic carbocycles. The third kappa shape index (κ3) is 4.19. The van der Waals surface area contributed by atoms with Gasteiger partial charge in [-0.2, -0.15) is 4.36 Å². The maximum atomic E-state index is 14.2. The van der Waals surface area contributed by atoms with Crippen LogP contribution in [0.1, 0.15) is 0 Å². The molecule has 0 bridgehead atoms. The number of hydrogen-bond acceptors (Lipinski definition) is 5. The van der Waals surface area contributed by atoms with Crippen molar-refractivity contribution in [2.24, 2.45) is 11.4 Å². The summed E-state index contributed by atoms with van der Waals surface area (Å²) in [6.45, 7) is 0. The number of fused-ring (bicyclic) bond motifs is 1. The summed E-state index contributed by atoms with van der Waals surface area (Å²) in [7, 11) is -0.879. The normalized spacial score (nSPS) is 11.6. The average molecular weight is 444 g/mol. The van der Waals surface area contributed by atoms with E-state index in [4.69, 9.17) is 4.74 Å². The van der Waals surface area contributed by atoms with Crippen LogP contribution in [0.2, 0.25) is 0 Å². The Hall–Kier alpha value is -3.53. The number of hydrogen-bond donors (Lipinski definition) is 1. The molecule has 0 aliphatic rings. The van der Waals surface area contributed by atoms with Crippen LogP contribution in [0.3, 0.4) is 0 Å². The quantitative estimate of drug-likeness (QED) is 0.507. The fourth-order valence-corrected chi connectivity index (χ4v) is 3.77. The number of nitrogens with zero attached hydrogens (tertiary/aromatic N) is 3. The van der Waals surface area contributed by atoms with Crippen LogP contribution in [0.4, 0.5) is 14.5 Å². The molecule has 1 N–H and O–H groups in total. The minimum Gasteiger partial charge on any atom is -0.435 e. The van der Waals surface area contributed by atoms with Crippen LogP contribution in [-0.4, -0.2) is 31.3 Å². The maximum absolute atomic E-state index is 14.2. The molecule has 4 rings (SSSR count). The number of ether oxygens (including phenoxy) is 1. The second-order valence-corrected chi connectivity index (χ2v) is 9.77. The second kappa shape index (κ2) is 7.62. The first-order chi connectivity index (χ1) is 14.6. The van der Waals surface area contributed by atoms with E-state index in [-0.39, 0.29) is 17.2 Å². The van der Waals surface area contributed by atoms with Gasteiger partial charge in [0, 0.05) is 64.3 Å². The van der Waals surface area contributed by atoms with E-state index in [1.165, 1.54) is 23.3 Å². The summed E-state index contributed by atoms with van der Waals surface area (Å²) in [4.78, 5) is 19.6. The average Bonchev–Trinajstić information content (AvgIpc) is 3.17. The molecule has 0 saturated heterocycles. The van der Waals surface area contributed by atoms with E-state index in [0.717, 1.165) is 12.1 Å². The fraction of sp³-hybridized carbons (Fsp3) is 0.143. The number of rotatable bonds is 4. The van der Waals surface area contributed by atoms with Gasteiger partial charge in [-0.3, -0.25) is 4.79 Å². The van der Waals surface area contributed by atoms with Gasteiger partial charge >= 0.3 is 0 Å². The van der Waals surface area contributed by atoms with Crippen LogP contribution in [-0.2, 0) is 16.8 Å². The molecular formula is C21H18F2N4O3S. The molecule has 4 aromatic rings. The maximum Gasteiger partial charge on any atom is 0.274 e. The molecule has 7 nitrogen and oxygen atoms in total. The predicted octanol–water partition coefficient (Wildman–Crippen LogP) is 4.36. The van der Waals surface area contributed by atoms with Crippen molar-refractivity contribution in [1.29, 1.82) is 0 Å². The van der Waals surface area contributed by atoms with E-state index in [0.29, 0.717) is 33.8 Å². The first kappa shape index (κ1) is 20.7. The molecule has 10 heteroatoms. The Balaban J connectivity index is 1.97. The van der Waals surface area contributed by atoms with Gasteiger partial charge in [0.1, 0.15) is 11.3 Å². The smallest absolute Gasteiger partial charge is 0.274 e. The molecule has 0 atom stereocenters. The standard InChI is InChI=1S/C21H18F2N4O3S/c1-27-11-16(14-6-7-24-19(14)21(27)28)15-9-13(26-31(2,3)29)10-25-20(15)30-18-5-4-12(22)8-17(18)23/h4-11,24H,1-3H3. The summed E-state index contributed by atoms with van der Waals surface area (Å²) < 4.78 is 50.9. The summed E-state index contributed by atoms with van der Waals surface area (Å²) in [5, 5.41) is 0.597. The van der Waals surface area contributed by atoms with Gasteiger partial charge in [-0.05, 0) is 24.3 Å². The van der Waals surface area contributed by atoms with Crippen LogP contribution in [0.25, 0.3) is 22.0 Å². The van der Waals surface area contributed by atoms with Crippen molar-refractivity contribution in [2.45, 2.75) is 0 Å². The van der Waals surface area contributed by atoms with Crippen molar-refractivity contribution in [3.63, 3.8) is 0 Å². The van der Waals surface area contributed by atoms with Crippen molar-refractivity contribution in [2.75, 3.05) is 12.5 Å². The summed E-state index contributed by atoms with van der Waals surface area (Å²) in [6, 6.07) is 6.26. The Morgan fingerprint density at radius 1 is 1.16 bits per heavy atom. The highest BCUT2D eigenvalue weighted by atomic mass is 32.2. The van der Waals surface area contributed by atoms with Gasteiger partial charge < -0.3 is 14.3 Å². The van der Waals surface area contributed by atoms with Crippen molar-refractivity contribution in [3.8, 4) is 22.8 Å². The van der Waals surface area contributed by atoms with Crippen molar-refractivity contribution < 1.29 is 17.7 Å². The molecule has 0 spiro atoms. The van der Waals surface area contributed by atoms with Crippen molar-refractivity contribution >= 4 is 26.3 Å². The topological polar surface area (TPSA) is 89.3 Å². The number of aromatic amines is 1. The molecule has 3 heterocycles. The number of benzene rings is 1. The molecule has 0 aliphatic carbocycles. The molecule has 3 aromatic heterocycles. The minimum atomic E-state index is -2.47. The highest BCUT2D eigenvalue weighted by Gasteiger charge is 2.18. The fourth-order valence-electron chi connectivity index (χ4n) is 3.16. The lowest BCUT2D eigenvalue weighted by molar-refractivity contribution is 0.425. The molecule has 0 unspecified atom stereocenters. The Kier molecular flexibility index (Phi) is 5.10. The van der Waals surface area contributed by atoms with Crippen LogP contribution in [0.5, 0.6) is 11.6 Å². The summed E-state index contributed by atoms with van der Waals surface area (Å²) in [6.07, 6.45) is 7.55. The lowest BCUT2D eigenvalue weighted by Gasteiger charge is -2.13. The van der Waals surface area contributed by atoms with Gasteiger partial charge in [-0.1, -0.05) is 0 Å². The lowest BCUT2D eigenvalue weighted by Crippen LogP contribution is -2.16. The number of aryl methyl sites for hydroxylation is 1. The summed E-state index contributed by atoms with van der Waals surface area (Å²) >= 11 is 0. The number of aromatic nitrogens is 3. The van der Waals surface area contributed by atoms with E-state index in [1.54, 1.807) is 31.6 Å². The van der Waals surface area contributed by atoms with Gasteiger partial charge in [0.05, 0.1) is 11.9 Å². The van der Waals surface area contributed by atoms with Crippen molar-refractivity contribution in [3.05, 3.63) is 70.9 Å². The zero-order valence-electron chi connectivity index (χ0n) is 16.8. The Morgan fingerprint density at radius 3 is 2.65 bits per heavy atom. The SMILES string of the molecule is Cn1cc(-c2cc(N=S(C)(C)=O)cnc2Oc2ccc(F)cc2F)c2cc[nH]c2c1=O. The van der Waals surface area contributed by atoms with Crippen LogP contribution in [0.15, 0.2) is 58.1 Å². The minimum absolute atomic E-state index is 0.0179.